The second-order valence-corrected chi connectivity index (χ2v) is 6.38. The highest BCUT2D eigenvalue weighted by atomic mass is 79.9. The number of nitrogens with two attached hydrogens (primary N) is 1. The molecule has 1 amide bonds. The number of likely N-dealkylation sites (tertiary alicyclic amines) is 1. The van der Waals surface area contributed by atoms with Crippen LogP contribution in [0.5, 0.6) is 0 Å². The molecule has 2 N–H and O–H groups in total. The van der Waals surface area contributed by atoms with Gasteiger partial charge in [0.05, 0.1) is 4.88 Å². The molecular weight excluding hydrogens is 300 g/mol. The lowest BCUT2D eigenvalue weighted by Crippen LogP contribution is -2.51. The molecular formula is C12H17BrN2OS. The summed E-state index contributed by atoms with van der Waals surface area (Å²) >= 11 is 4.87. The second-order valence-electron chi connectivity index (χ2n) is 4.55. The van der Waals surface area contributed by atoms with Crippen LogP contribution in [0, 0.1) is 5.92 Å². The van der Waals surface area contributed by atoms with Crippen molar-refractivity contribution in [3.05, 3.63) is 20.8 Å². The number of hydrogen-bond donors (Lipinski definition) is 1. The predicted octanol–water partition coefficient (Wildman–Crippen LogP) is 2.71. The van der Waals surface area contributed by atoms with Crippen molar-refractivity contribution in [1.29, 1.82) is 0 Å². The number of carbonyl (C=O) groups excluding carboxylic acids is 1. The van der Waals surface area contributed by atoms with Gasteiger partial charge in [-0.3, -0.25) is 4.79 Å². The molecule has 1 aliphatic heterocycles. The van der Waals surface area contributed by atoms with Crippen molar-refractivity contribution in [1.82, 2.24) is 4.90 Å². The van der Waals surface area contributed by atoms with Crippen LogP contribution in [0.15, 0.2) is 15.9 Å². The second kappa shape index (κ2) is 5.50. The molecule has 0 bridgehead atoms. The number of thiophene rings is 1. The third kappa shape index (κ3) is 2.72. The lowest BCUT2D eigenvalue weighted by molar-refractivity contribution is 0.0537. The van der Waals surface area contributed by atoms with E-state index in [0.29, 0.717) is 12.5 Å². The van der Waals surface area contributed by atoms with Gasteiger partial charge in [0.2, 0.25) is 0 Å². The first-order valence-electron chi connectivity index (χ1n) is 5.88. The number of amides is 1. The van der Waals surface area contributed by atoms with Gasteiger partial charge in [-0.1, -0.05) is 6.92 Å². The van der Waals surface area contributed by atoms with E-state index in [9.17, 15) is 4.79 Å². The monoisotopic (exact) mass is 316 g/mol. The third-order valence-electron chi connectivity index (χ3n) is 3.40. The summed E-state index contributed by atoms with van der Waals surface area (Å²) in [4.78, 5) is 15.1. The molecule has 1 aromatic rings. The molecule has 2 atom stereocenters. The first-order valence-corrected chi connectivity index (χ1v) is 7.56. The number of rotatable bonds is 2. The number of halogens is 1. The average molecular weight is 317 g/mol. The van der Waals surface area contributed by atoms with E-state index in [1.165, 1.54) is 17.8 Å². The Kier molecular flexibility index (Phi) is 4.22. The zero-order valence-corrected chi connectivity index (χ0v) is 12.3. The van der Waals surface area contributed by atoms with Crippen LogP contribution in [0.1, 0.15) is 29.4 Å². The van der Waals surface area contributed by atoms with Gasteiger partial charge in [0, 0.05) is 29.0 Å². The molecule has 0 spiro atoms. The molecule has 1 saturated heterocycles. The van der Waals surface area contributed by atoms with Crippen LogP contribution >= 0.6 is 27.3 Å². The number of piperidine rings is 1. The molecule has 2 heterocycles. The van der Waals surface area contributed by atoms with E-state index < -0.39 is 0 Å². The van der Waals surface area contributed by atoms with Gasteiger partial charge in [0.15, 0.2) is 0 Å². The van der Waals surface area contributed by atoms with Crippen molar-refractivity contribution >= 4 is 33.2 Å². The molecule has 2 rings (SSSR count). The Labute approximate surface area is 114 Å². The Hall–Kier alpha value is -0.390. The van der Waals surface area contributed by atoms with Crippen molar-refractivity contribution in [2.24, 2.45) is 11.7 Å². The summed E-state index contributed by atoms with van der Waals surface area (Å²) in [6, 6.07) is 2.08. The lowest BCUT2D eigenvalue weighted by Gasteiger charge is -2.39. The van der Waals surface area contributed by atoms with E-state index in [0.717, 1.165) is 22.3 Å². The van der Waals surface area contributed by atoms with Crippen LogP contribution in [0.2, 0.25) is 0 Å². The number of nitrogens with zero attached hydrogens (tertiary/aromatic N) is 1. The van der Waals surface area contributed by atoms with Crippen molar-refractivity contribution in [2.75, 3.05) is 13.1 Å². The minimum Gasteiger partial charge on any atom is -0.333 e. The highest BCUT2D eigenvalue weighted by Crippen LogP contribution is 2.27. The lowest BCUT2D eigenvalue weighted by atomic mass is 9.90. The van der Waals surface area contributed by atoms with Crippen molar-refractivity contribution in [2.45, 2.75) is 25.8 Å². The largest absolute Gasteiger partial charge is 0.333 e. The van der Waals surface area contributed by atoms with Crippen LogP contribution in [-0.2, 0) is 0 Å². The molecule has 3 nitrogen and oxygen atoms in total. The maximum absolute atomic E-state index is 12.4. The fourth-order valence-corrected chi connectivity index (χ4v) is 3.81. The number of carbonyl (C=O) groups is 1. The fourth-order valence-electron chi connectivity index (χ4n) is 2.43. The van der Waals surface area contributed by atoms with Crippen molar-refractivity contribution in [3.63, 3.8) is 0 Å². The van der Waals surface area contributed by atoms with Crippen LogP contribution in [0.3, 0.4) is 0 Å². The maximum atomic E-state index is 12.4. The fraction of sp³-hybridized carbons (Fsp3) is 0.583. The van der Waals surface area contributed by atoms with Crippen LogP contribution in [-0.4, -0.2) is 29.9 Å². The molecule has 0 aliphatic carbocycles. The van der Waals surface area contributed by atoms with E-state index in [-0.39, 0.29) is 11.9 Å². The Morgan fingerprint density at radius 3 is 3.06 bits per heavy atom. The highest BCUT2D eigenvalue weighted by molar-refractivity contribution is 9.10. The van der Waals surface area contributed by atoms with Crippen LogP contribution in [0.4, 0.5) is 0 Å². The predicted molar refractivity (Wildman–Crippen MR) is 74.3 cm³/mol. The summed E-state index contributed by atoms with van der Waals surface area (Å²) in [6.45, 7) is 3.57. The van der Waals surface area contributed by atoms with Gasteiger partial charge in [-0.15, -0.1) is 11.3 Å². The molecule has 17 heavy (non-hydrogen) atoms. The molecule has 1 aliphatic rings. The van der Waals surface area contributed by atoms with Gasteiger partial charge in [-0.2, -0.15) is 0 Å². The Morgan fingerprint density at radius 2 is 2.47 bits per heavy atom. The molecule has 0 aromatic carbocycles. The summed E-state index contributed by atoms with van der Waals surface area (Å²) in [5.41, 5.74) is 5.81. The van der Waals surface area contributed by atoms with Crippen molar-refractivity contribution < 1.29 is 4.79 Å². The van der Waals surface area contributed by atoms with E-state index >= 15 is 0 Å². The summed E-state index contributed by atoms with van der Waals surface area (Å²) in [5, 5.41) is 1.94. The van der Waals surface area contributed by atoms with Gasteiger partial charge in [0.1, 0.15) is 0 Å². The summed E-state index contributed by atoms with van der Waals surface area (Å²) in [7, 11) is 0. The highest BCUT2D eigenvalue weighted by Gasteiger charge is 2.31. The number of hydrogen-bond acceptors (Lipinski definition) is 3. The first-order chi connectivity index (χ1) is 8.13. The van der Waals surface area contributed by atoms with Gasteiger partial charge >= 0.3 is 0 Å². The Morgan fingerprint density at radius 1 is 1.71 bits per heavy atom. The van der Waals surface area contributed by atoms with Gasteiger partial charge in [-0.05, 0) is 40.8 Å². The molecule has 5 heteroatoms. The normalized spacial score (nSPS) is 25.0. The molecule has 0 saturated carbocycles. The summed E-state index contributed by atoms with van der Waals surface area (Å²) in [5.74, 6) is 0.629. The molecule has 2 unspecified atom stereocenters. The average Bonchev–Trinajstić information content (AvgIpc) is 2.74. The van der Waals surface area contributed by atoms with Gasteiger partial charge < -0.3 is 10.6 Å². The summed E-state index contributed by atoms with van der Waals surface area (Å²) < 4.78 is 0.972. The third-order valence-corrected chi connectivity index (χ3v) is 5.08. The van der Waals surface area contributed by atoms with E-state index in [2.05, 4.69) is 22.9 Å². The molecule has 0 radical (unpaired) electrons. The molecule has 1 fully saturated rings. The Balaban J connectivity index is 2.17. The maximum Gasteiger partial charge on any atom is 0.264 e. The zero-order valence-electron chi connectivity index (χ0n) is 9.86. The van der Waals surface area contributed by atoms with E-state index in [1.54, 1.807) is 0 Å². The van der Waals surface area contributed by atoms with Gasteiger partial charge in [-0.25, -0.2) is 0 Å². The minimum atomic E-state index is 0.128. The molecule has 1 aromatic heterocycles. The van der Waals surface area contributed by atoms with Crippen molar-refractivity contribution in [3.8, 4) is 0 Å². The van der Waals surface area contributed by atoms with E-state index in [4.69, 9.17) is 5.73 Å². The summed E-state index contributed by atoms with van der Waals surface area (Å²) in [6.07, 6.45) is 2.25. The smallest absolute Gasteiger partial charge is 0.264 e. The first kappa shape index (κ1) is 13.1. The topological polar surface area (TPSA) is 46.3 Å². The van der Waals surface area contributed by atoms with Crippen LogP contribution in [0.25, 0.3) is 0 Å². The zero-order chi connectivity index (χ0) is 12.4. The Bertz CT molecular complexity index is 407. The van der Waals surface area contributed by atoms with E-state index in [1.807, 2.05) is 16.3 Å². The van der Waals surface area contributed by atoms with Crippen LogP contribution < -0.4 is 5.73 Å². The minimum absolute atomic E-state index is 0.128. The molecule has 94 valence electrons. The van der Waals surface area contributed by atoms with Gasteiger partial charge in [0.25, 0.3) is 5.91 Å². The quantitative estimate of drug-likeness (QED) is 0.911. The standard InChI is InChI=1S/C12H17BrN2OS/c1-8-3-2-4-15(10(8)6-14)12(16)11-5-9(13)7-17-11/h5,7-8,10H,2-4,6,14H2,1H3. The SMILES string of the molecule is CC1CCCN(C(=O)c2cc(Br)cs2)C1CN.